The predicted molar refractivity (Wildman–Crippen MR) is 81.0 cm³/mol. The van der Waals surface area contributed by atoms with Crippen molar-refractivity contribution in [1.29, 1.82) is 0 Å². The molecule has 0 saturated heterocycles. The molecule has 1 N–H and O–H groups in total. The summed E-state index contributed by atoms with van der Waals surface area (Å²) in [6.45, 7) is 5.96. The lowest BCUT2D eigenvalue weighted by atomic mass is 10.0. The van der Waals surface area contributed by atoms with Crippen molar-refractivity contribution >= 4 is 0 Å². The molecule has 5 nitrogen and oxygen atoms in total. The van der Waals surface area contributed by atoms with E-state index < -0.39 is 0 Å². The number of ether oxygens (including phenoxy) is 1. The number of hydrogen-bond donors (Lipinski definition) is 1. The fraction of sp³-hybridized carbons (Fsp3) is 0.500. The first-order valence-electron chi connectivity index (χ1n) is 7.46. The standard InChI is InChI=1S/C16H22N4O/c1-4-16(2,21-3)15-19-18-14-13(17-10-11-20(14)15)12-8-6-5-7-9-12/h5-9,13,17H,4,10-11H2,1-3H3. The quantitative estimate of drug-likeness (QED) is 0.936. The van der Waals surface area contributed by atoms with E-state index in [2.05, 4.69) is 58.2 Å². The molecule has 0 bridgehead atoms. The van der Waals surface area contributed by atoms with Crippen molar-refractivity contribution in [3.63, 3.8) is 0 Å². The van der Waals surface area contributed by atoms with Gasteiger partial charge in [0.25, 0.3) is 0 Å². The number of rotatable bonds is 4. The minimum absolute atomic E-state index is 0.0964. The molecular formula is C16H22N4O. The van der Waals surface area contributed by atoms with Crippen LogP contribution in [0.3, 0.4) is 0 Å². The molecule has 0 aliphatic carbocycles. The molecule has 2 heterocycles. The Labute approximate surface area is 125 Å². The van der Waals surface area contributed by atoms with Crippen molar-refractivity contribution in [2.24, 2.45) is 0 Å². The monoisotopic (exact) mass is 286 g/mol. The van der Waals surface area contributed by atoms with E-state index in [-0.39, 0.29) is 11.6 Å². The van der Waals surface area contributed by atoms with E-state index in [1.165, 1.54) is 5.56 Å². The van der Waals surface area contributed by atoms with Gasteiger partial charge in [0.1, 0.15) is 5.60 Å². The summed E-state index contributed by atoms with van der Waals surface area (Å²) < 4.78 is 7.90. The number of nitrogens with zero attached hydrogens (tertiary/aromatic N) is 3. The zero-order chi connectivity index (χ0) is 14.9. The molecule has 1 aliphatic heterocycles. The Morgan fingerprint density at radius 2 is 2.10 bits per heavy atom. The van der Waals surface area contributed by atoms with E-state index in [1.807, 2.05) is 6.07 Å². The number of nitrogens with one attached hydrogen (secondary N) is 1. The average molecular weight is 286 g/mol. The highest BCUT2D eigenvalue weighted by Gasteiger charge is 2.35. The molecule has 2 atom stereocenters. The zero-order valence-corrected chi connectivity index (χ0v) is 12.8. The van der Waals surface area contributed by atoms with E-state index in [0.717, 1.165) is 31.2 Å². The molecule has 5 heteroatoms. The van der Waals surface area contributed by atoms with Crippen molar-refractivity contribution in [3.8, 4) is 0 Å². The second-order valence-corrected chi connectivity index (χ2v) is 5.62. The lowest BCUT2D eigenvalue weighted by Crippen LogP contribution is -2.37. The molecule has 21 heavy (non-hydrogen) atoms. The van der Waals surface area contributed by atoms with Crippen molar-refractivity contribution in [3.05, 3.63) is 47.5 Å². The lowest BCUT2D eigenvalue weighted by molar-refractivity contribution is -0.0125. The van der Waals surface area contributed by atoms with Gasteiger partial charge in [0.2, 0.25) is 0 Å². The molecule has 0 spiro atoms. The molecule has 1 aromatic carbocycles. The molecule has 1 aromatic heterocycles. The van der Waals surface area contributed by atoms with Crippen LogP contribution in [0, 0.1) is 0 Å². The number of aromatic nitrogens is 3. The van der Waals surface area contributed by atoms with Crippen LogP contribution in [0.5, 0.6) is 0 Å². The molecule has 1 aliphatic rings. The van der Waals surface area contributed by atoms with Gasteiger partial charge in [-0.05, 0) is 18.9 Å². The van der Waals surface area contributed by atoms with Crippen molar-refractivity contribution in [2.45, 2.75) is 38.5 Å². The number of hydrogen-bond acceptors (Lipinski definition) is 4. The minimum atomic E-state index is -0.385. The smallest absolute Gasteiger partial charge is 0.165 e. The molecule has 3 rings (SSSR count). The molecule has 2 aromatic rings. The van der Waals surface area contributed by atoms with Crippen LogP contribution in [0.25, 0.3) is 0 Å². The Bertz CT molecular complexity index is 604. The summed E-state index contributed by atoms with van der Waals surface area (Å²) in [6, 6.07) is 10.5. The lowest BCUT2D eigenvalue weighted by Gasteiger charge is -2.30. The van der Waals surface area contributed by atoms with Crippen LogP contribution in [0.2, 0.25) is 0 Å². The van der Waals surface area contributed by atoms with Gasteiger partial charge in [-0.2, -0.15) is 0 Å². The topological polar surface area (TPSA) is 52.0 Å². The third-order valence-corrected chi connectivity index (χ3v) is 4.45. The molecule has 0 radical (unpaired) electrons. The Morgan fingerprint density at radius 3 is 2.76 bits per heavy atom. The summed E-state index contributed by atoms with van der Waals surface area (Å²) in [7, 11) is 1.74. The van der Waals surface area contributed by atoms with Crippen LogP contribution in [0.15, 0.2) is 30.3 Å². The number of fused-ring (bicyclic) bond motifs is 1. The third-order valence-electron chi connectivity index (χ3n) is 4.45. The largest absolute Gasteiger partial charge is 0.371 e. The van der Waals surface area contributed by atoms with Crippen molar-refractivity contribution in [2.75, 3.05) is 13.7 Å². The van der Waals surface area contributed by atoms with Gasteiger partial charge >= 0.3 is 0 Å². The zero-order valence-electron chi connectivity index (χ0n) is 12.8. The van der Waals surface area contributed by atoms with Crippen molar-refractivity contribution < 1.29 is 4.74 Å². The fourth-order valence-electron chi connectivity index (χ4n) is 2.86. The Balaban J connectivity index is 2.03. The van der Waals surface area contributed by atoms with Crippen LogP contribution in [-0.4, -0.2) is 28.4 Å². The van der Waals surface area contributed by atoms with Crippen molar-refractivity contribution in [1.82, 2.24) is 20.1 Å². The molecule has 0 fully saturated rings. The summed E-state index contributed by atoms with van der Waals surface area (Å²) in [5.74, 6) is 1.89. The van der Waals surface area contributed by atoms with Crippen LogP contribution < -0.4 is 5.32 Å². The van der Waals surface area contributed by atoms with Gasteiger partial charge in [-0.15, -0.1) is 10.2 Å². The molecule has 2 unspecified atom stereocenters. The molecule has 0 amide bonds. The van der Waals surface area contributed by atoms with E-state index in [4.69, 9.17) is 4.74 Å². The molecular weight excluding hydrogens is 264 g/mol. The highest BCUT2D eigenvalue weighted by atomic mass is 16.5. The summed E-state index contributed by atoms with van der Waals surface area (Å²) in [5, 5.41) is 12.4. The average Bonchev–Trinajstić information content (AvgIpc) is 2.99. The normalized spacial score (nSPS) is 20.8. The van der Waals surface area contributed by atoms with Gasteiger partial charge in [-0.25, -0.2) is 0 Å². The van der Waals surface area contributed by atoms with Gasteiger partial charge in [-0.3, -0.25) is 0 Å². The first-order valence-corrected chi connectivity index (χ1v) is 7.46. The van der Waals surface area contributed by atoms with Crippen LogP contribution in [0.4, 0.5) is 0 Å². The highest BCUT2D eigenvalue weighted by Crippen LogP contribution is 2.31. The summed E-state index contributed by atoms with van der Waals surface area (Å²) in [5.41, 5.74) is 0.831. The Hall–Kier alpha value is -1.72. The SMILES string of the molecule is CCC(C)(OC)c1nnc2n1CCNC2c1ccccc1. The number of benzene rings is 1. The first kappa shape index (κ1) is 14.2. The summed E-state index contributed by atoms with van der Waals surface area (Å²) in [6.07, 6.45) is 0.866. The van der Waals surface area contributed by atoms with Gasteiger partial charge in [0.15, 0.2) is 11.6 Å². The first-order chi connectivity index (χ1) is 10.2. The fourth-order valence-corrected chi connectivity index (χ4v) is 2.86. The van der Waals surface area contributed by atoms with Gasteiger partial charge in [0, 0.05) is 20.2 Å². The molecule has 112 valence electrons. The van der Waals surface area contributed by atoms with Gasteiger partial charge in [-0.1, -0.05) is 37.3 Å². The second-order valence-electron chi connectivity index (χ2n) is 5.62. The predicted octanol–water partition coefficient (Wildman–Crippen LogP) is 2.24. The Morgan fingerprint density at radius 1 is 1.33 bits per heavy atom. The maximum absolute atomic E-state index is 5.69. The van der Waals surface area contributed by atoms with Crippen LogP contribution in [0.1, 0.15) is 43.5 Å². The summed E-state index contributed by atoms with van der Waals surface area (Å²) in [4.78, 5) is 0. The minimum Gasteiger partial charge on any atom is -0.371 e. The maximum Gasteiger partial charge on any atom is 0.165 e. The summed E-state index contributed by atoms with van der Waals surface area (Å²) >= 11 is 0. The van der Waals surface area contributed by atoms with E-state index in [9.17, 15) is 0 Å². The third kappa shape index (κ3) is 2.36. The highest BCUT2D eigenvalue weighted by molar-refractivity contribution is 5.26. The second kappa shape index (κ2) is 5.58. The van der Waals surface area contributed by atoms with E-state index in [1.54, 1.807) is 7.11 Å². The Kier molecular flexibility index (Phi) is 3.78. The van der Waals surface area contributed by atoms with Crippen LogP contribution in [-0.2, 0) is 16.9 Å². The van der Waals surface area contributed by atoms with E-state index >= 15 is 0 Å². The van der Waals surface area contributed by atoms with E-state index in [0.29, 0.717) is 0 Å². The number of methoxy groups -OCH3 is 1. The molecule has 0 saturated carbocycles. The maximum atomic E-state index is 5.69. The van der Waals surface area contributed by atoms with Gasteiger partial charge in [0.05, 0.1) is 6.04 Å². The van der Waals surface area contributed by atoms with Gasteiger partial charge < -0.3 is 14.6 Å². The van der Waals surface area contributed by atoms with Crippen LogP contribution >= 0.6 is 0 Å².